The fourth-order valence-electron chi connectivity index (χ4n) is 2.59. The molecule has 1 heterocycles. The Labute approximate surface area is 102 Å². The number of ether oxygens (including phenoxy) is 1. The number of benzene rings is 1. The number of amides is 1. The van der Waals surface area contributed by atoms with Crippen LogP contribution in [0.5, 0.6) is 0 Å². The van der Waals surface area contributed by atoms with Gasteiger partial charge in [-0.25, -0.2) is 4.79 Å². The Bertz CT molecular complexity index is 462. The number of alkyl carbamates (subject to hydrolysis) is 1. The number of hydrogen-bond acceptors (Lipinski definition) is 2. The van der Waals surface area contributed by atoms with Crippen LogP contribution >= 0.6 is 0 Å². The second-order valence-electron chi connectivity index (χ2n) is 4.83. The van der Waals surface area contributed by atoms with Crippen LogP contribution in [-0.2, 0) is 4.74 Å². The summed E-state index contributed by atoms with van der Waals surface area (Å²) in [5, 5.41) is 2.86. The fraction of sp³-hybridized carbons (Fsp3) is 0.500. The Kier molecular flexibility index (Phi) is 2.86. The predicted octanol–water partition coefficient (Wildman–Crippen LogP) is 3.01. The van der Waals surface area contributed by atoms with E-state index in [4.69, 9.17) is 4.74 Å². The highest BCUT2D eigenvalue weighted by molar-refractivity contribution is 5.70. The highest BCUT2D eigenvalue weighted by Crippen LogP contribution is 2.31. The maximum absolute atomic E-state index is 11.2. The predicted molar refractivity (Wildman–Crippen MR) is 67.4 cm³/mol. The topological polar surface area (TPSA) is 38.3 Å². The Balaban J connectivity index is 2.57. The molecule has 1 aliphatic rings. The molecule has 0 unspecified atom stereocenters. The van der Waals surface area contributed by atoms with E-state index < -0.39 is 0 Å². The van der Waals surface area contributed by atoms with Crippen molar-refractivity contribution in [3.8, 4) is 0 Å². The zero-order valence-corrected chi connectivity index (χ0v) is 11.1. The van der Waals surface area contributed by atoms with Crippen molar-refractivity contribution in [3.05, 3.63) is 33.4 Å². The molecule has 0 aromatic heterocycles. The van der Waals surface area contributed by atoms with Gasteiger partial charge in [0, 0.05) is 0 Å². The van der Waals surface area contributed by atoms with Crippen LogP contribution in [-0.4, -0.2) is 12.7 Å². The summed E-state index contributed by atoms with van der Waals surface area (Å²) in [4.78, 5) is 11.2. The van der Waals surface area contributed by atoms with Gasteiger partial charge in [0.25, 0.3) is 0 Å². The molecule has 1 aliphatic heterocycles. The van der Waals surface area contributed by atoms with Crippen LogP contribution in [0.15, 0.2) is 0 Å². The summed E-state index contributed by atoms with van der Waals surface area (Å²) in [6.07, 6.45) is -0.315. The first-order valence-corrected chi connectivity index (χ1v) is 5.93. The van der Waals surface area contributed by atoms with E-state index >= 15 is 0 Å². The van der Waals surface area contributed by atoms with Crippen LogP contribution in [0.1, 0.15) is 39.4 Å². The number of cyclic esters (lactones) is 1. The van der Waals surface area contributed by atoms with E-state index in [1.807, 2.05) is 0 Å². The fourth-order valence-corrected chi connectivity index (χ4v) is 2.59. The number of hydrogen-bond donors (Lipinski definition) is 1. The van der Waals surface area contributed by atoms with Gasteiger partial charge in [-0.1, -0.05) is 0 Å². The van der Waals surface area contributed by atoms with Gasteiger partial charge >= 0.3 is 6.09 Å². The Morgan fingerprint density at radius 2 is 1.41 bits per heavy atom. The highest BCUT2D eigenvalue weighted by atomic mass is 16.6. The number of carbonyl (C=O) groups is 1. The van der Waals surface area contributed by atoms with Gasteiger partial charge in [-0.2, -0.15) is 0 Å². The SMILES string of the molecule is Cc1c(C)c(C)c([C@H]2COC(=O)N2)c(C)c1C. The molecule has 1 amide bonds. The van der Waals surface area contributed by atoms with Gasteiger partial charge in [0.15, 0.2) is 0 Å². The summed E-state index contributed by atoms with van der Waals surface area (Å²) < 4.78 is 4.99. The minimum absolute atomic E-state index is 0.000463. The zero-order valence-electron chi connectivity index (χ0n) is 11.1. The Hall–Kier alpha value is -1.51. The van der Waals surface area contributed by atoms with Gasteiger partial charge in [-0.15, -0.1) is 0 Å². The maximum atomic E-state index is 11.2. The quantitative estimate of drug-likeness (QED) is 0.809. The van der Waals surface area contributed by atoms with Crippen molar-refractivity contribution >= 4 is 6.09 Å². The standard InChI is InChI=1S/C14H19NO2/c1-7-8(2)10(4)13(11(5)9(7)3)12-6-17-14(16)15-12/h12H,6H2,1-5H3,(H,15,16)/t12-/m1/s1. The van der Waals surface area contributed by atoms with Crippen LogP contribution in [0.25, 0.3) is 0 Å². The molecule has 0 bridgehead atoms. The largest absolute Gasteiger partial charge is 0.447 e. The highest BCUT2D eigenvalue weighted by Gasteiger charge is 2.28. The Morgan fingerprint density at radius 1 is 0.941 bits per heavy atom. The molecule has 0 aliphatic carbocycles. The van der Waals surface area contributed by atoms with Crippen molar-refractivity contribution in [2.45, 2.75) is 40.7 Å². The lowest BCUT2D eigenvalue weighted by molar-refractivity contribution is 0.177. The van der Waals surface area contributed by atoms with Crippen LogP contribution in [0.3, 0.4) is 0 Å². The minimum Gasteiger partial charge on any atom is -0.447 e. The van der Waals surface area contributed by atoms with E-state index in [1.165, 1.54) is 33.4 Å². The summed E-state index contributed by atoms with van der Waals surface area (Å²) in [5.74, 6) is 0. The molecule has 1 saturated heterocycles. The number of rotatable bonds is 1. The number of carbonyl (C=O) groups excluding carboxylic acids is 1. The van der Waals surface area contributed by atoms with E-state index in [2.05, 4.69) is 39.9 Å². The van der Waals surface area contributed by atoms with Gasteiger partial charge in [0.05, 0.1) is 6.04 Å². The van der Waals surface area contributed by atoms with Crippen molar-refractivity contribution in [1.29, 1.82) is 0 Å². The van der Waals surface area contributed by atoms with Crippen molar-refractivity contribution in [1.82, 2.24) is 5.32 Å². The van der Waals surface area contributed by atoms with Gasteiger partial charge in [0.1, 0.15) is 6.61 Å². The van der Waals surface area contributed by atoms with Gasteiger partial charge in [0.2, 0.25) is 0 Å². The van der Waals surface area contributed by atoms with E-state index in [0.717, 1.165) is 0 Å². The summed E-state index contributed by atoms with van der Waals surface area (Å²) in [7, 11) is 0. The summed E-state index contributed by atoms with van der Waals surface area (Å²) in [5.41, 5.74) is 7.71. The van der Waals surface area contributed by atoms with E-state index in [-0.39, 0.29) is 12.1 Å². The molecule has 1 fully saturated rings. The van der Waals surface area contributed by atoms with Crippen molar-refractivity contribution < 1.29 is 9.53 Å². The van der Waals surface area contributed by atoms with E-state index in [1.54, 1.807) is 0 Å². The monoisotopic (exact) mass is 233 g/mol. The molecule has 17 heavy (non-hydrogen) atoms. The smallest absolute Gasteiger partial charge is 0.407 e. The molecule has 0 radical (unpaired) electrons. The third kappa shape index (κ3) is 1.79. The average molecular weight is 233 g/mol. The second-order valence-corrected chi connectivity index (χ2v) is 4.83. The molecule has 3 nitrogen and oxygen atoms in total. The van der Waals surface area contributed by atoms with Gasteiger partial charge < -0.3 is 10.1 Å². The molecule has 0 spiro atoms. The zero-order chi connectivity index (χ0) is 12.7. The molecule has 2 rings (SSSR count). The average Bonchev–Trinajstić information content (AvgIpc) is 2.71. The second kappa shape index (κ2) is 4.06. The molecular weight excluding hydrogens is 214 g/mol. The van der Waals surface area contributed by atoms with Crippen LogP contribution in [0.2, 0.25) is 0 Å². The first-order valence-electron chi connectivity index (χ1n) is 5.93. The molecule has 1 N–H and O–H groups in total. The van der Waals surface area contributed by atoms with Gasteiger partial charge in [-0.3, -0.25) is 0 Å². The lowest BCUT2D eigenvalue weighted by Crippen LogP contribution is -2.21. The van der Waals surface area contributed by atoms with Crippen LogP contribution in [0.4, 0.5) is 4.79 Å². The molecule has 0 saturated carbocycles. The van der Waals surface area contributed by atoms with Crippen LogP contribution < -0.4 is 5.32 Å². The summed E-state index contributed by atoms with van der Waals surface area (Å²) in [6, 6.07) is 0.000463. The normalized spacial score (nSPS) is 19.1. The lowest BCUT2D eigenvalue weighted by Gasteiger charge is -2.21. The van der Waals surface area contributed by atoms with Gasteiger partial charge in [-0.05, 0) is 68.0 Å². The van der Waals surface area contributed by atoms with E-state index in [9.17, 15) is 4.79 Å². The first kappa shape index (κ1) is 12.0. The lowest BCUT2D eigenvalue weighted by atomic mass is 9.86. The van der Waals surface area contributed by atoms with Crippen LogP contribution in [0, 0.1) is 34.6 Å². The third-order valence-electron chi connectivity index (χ3n) is 4.08. The molecular formula is C14H19NO2. The first-order chi connectivity index (χ1) is 7.93. The molecule has 3 heteroatoms. The Morgan fingerprint density at radius 3 is 1.82 bits per heavy atom. The minimum atomic E-state index is -0.315. The molecule has 1 aromatic carbocycles. The molecule has 1 aromatic rings. The van der Waals surface area contributed by atoms with Crippen molar-refractivity contribution in [3.63, 3.8) is 0 Å². The molecule has 1 atom stereocenters. The maximum Gasteiger partial charge on any atom is 0.407 e. The molecule has 92 valence electrons. The van der Waals surface area contributed by atoms with Crippen molar-refractivity contribution in [2.24, 2.45) is 0 Å². The third-order valence-corrected chi connectivity index (χ3v) is 4.08. The van der Waals surface area contributed by atoms with E-state index in [0.29, 0.717) is 6.61 Å². The summed E-state index contributed by atoms with van der Waals surface area (Å²) >= 11 is 0. The summed E-state index contributed by atoms with van der Waals surface area (Å²) in [6.45, 7) is 11.1. The van der Waals surface area contributed by atoms with Crippen molar-refractivity contribution in [2.75, 3.05) is 6.61 Å². The number of nitrogens with one attached hydrogen (secondary N) is 1.